The molecule has 4 aromatic heterocycles. The highest BCUT2D eigenvalue weighted by Crippen LogP contribution is 2.19. The number of fused-ring (bicyclic) bond motifs is 1. The summed E-state index contributed by atoms with van der Waals surface area (Å²) >= 11 is 0. The Hall–Kier alpha value is -3.52. The Kier molecular flexibility index (Phi) is 4.98. The first kappa shape index (κ1) is 18.5. The zero-order chi connectivity index (χ0) is 20.3. The second-order valence-corrected chi connectivity index (χ2v) is 7.38. The number of imidazole rings is 1. The second-order valence-electron chi connectivity index (χ2n) is 7.38. The molecular formula is C22H22N6O2. The van der Waals surface area contributed by atoms with Crippen molar-refractivity contribution in [2.45, 2.75) is 12.8 Å². The topological polar surface area (TPSA) is 88.4 Å². The molecule has 0 amide bonds. The molecule has 1 aliphatic heterocycles. The van der Waals surface area contributed by atoms with Crippen LogP contribution < -0.4 is 10.5 Å². The molecule has 1 N–H and O–H groups in total. The molecule has 0 aromatic carbocycles. The summed E-state index contributed by atoms with van der Waals surface area (Å²) in [6, 6.07) is 9.58. The van der Waals surface area contributed by atoms with Gasteiger partial charge in [-0.05, 0) is 23.3 Å². The molecular weight excluding hydrogens is 380 g/mol. The highest BCUT2D eigenvalue weighted by atomic mass is 16.5. The smallest absolute Gasteiger partial charge is 0.247 e. The summed E-state index contributed by atoms with van der Waals surface area (Å²) in [7, 11) is 0. The van der Waals surface area contributed by atoms with E-state index in [1.807, 2.05) is 22.9 Å². The van der Waals surface area contributed by atoms with Gasteiger partial charge in [-0.25, -0.2) is 15.0 Å². The molecule has 8 nitrogen and oxygen atoms in total. The fourth-order valence-electron chi connectivity index (χ4n) is 3.67. The van der Waals surface area contributed by atoms with Gasteiger partial charge in [0.25, 0.3) is 0 Å². The SMILES string of the molecule is O=c1ccc(Cc2nc(Cc3ccn4ccnc4c3)cc(N3CCOCC3)n2)c[nH]1. The normalized spacial score (nSPS) is 14.3. The summed E-state index contributed by atoms with van der Waals surface area (Å²) in [6.07, 6.45) is 8.72. The number of ether oxygens (including phenoxy) is 1. The van der Waals surface area contributed by atoms with Crippen LogP contribution in [-0.2, 0) is 17.6 Å². The third-order valence-corrected chi connectivity index (χ3v) is 5.21. The third kappa shape index (κ3) is 4.08. The van der Waals surface area contributed by atoms with Crippen LogP contribution in [0.3, 0.4) is 0 Å². The van der Waals surface area contributed by atoms with E-state index in [9.17, 15) is 4.79 Å². The maximum absolute atomic E-state index is 11.4. The van der Waals surface area contributed by atoms with Crippen LogP contribution in [0, 0.1) is 0 Å². The highest BCUT2D eigenvalue weighted by molar-refractivity contribution is 5.45. The maximum atomic E-state index is 11.4. The number of nitrogens with one attached hydrogen (secondary N) is 1. The lowest BCUT2D eigenvalue weighted by molar-refractivity contribution is 0.122. The number of hydrogen-bond donors (Lipinski definition) is 1. The van der Waals surface area contributed by atoms with Gasteiger partial charge in [-0.3, -0.25) is 4.79 Å². The molecule has 152 valence electrons. The van der Waals surface area contributed by atoms with Crippen LogP contribution in [0.15, 0.2) is 59.9 Å². The number of aromatic nitrogens is 5. The zero-order valence-electron chi connectivity index (χ0n) is 16.5. The van der Waals surface area contributed by atoms with Gasteiger partial charge < -0.3 is 19.0 Å². The summed E-state index contributed by atoms with van der Waals surface area (Å²) in [5.74, 6) is 1.66. The minimum absolute atomic E-state index is 0.114. The first-order valence-electron chi connectivity index (χ1n) is 10.0. The van der Waals surface area contributed by atoms with Crippen molar-refractivity contribution in [1.29, 1.82) is 0 Å². The van der Waals surface area contributed by atoms with Gasteiger partial charge >= 0.3 is 0 Å². The lowest BCUT2D eigenvalue weighted by atomic mass is 10.1. The molecule has 5 heterocycles. The van der Waals surface area contributed by atoms with Crippen molar-refractivity contribution in [3.63, 3.8) is 0 Å². The summed E-state index contributed by atoms with van der Waals surface area (Å²) in [6.45, 7) is 3.03. The minimum Gasteiger partial charge on any atom is -0.378 e. The Morgan fingerprint density at radius 3 is 2.73 bits per heavy atom. The van der Waals surface area contributed by atoms with Crippen LogP contribution in [0.4, 0.5) is 5.82 Å². The van der Waals surface area contributed by atoms with Crippen molar-refractivity contribution in [2.24, 2.45) is 0 Å². The quantitative estimate of drug-likeness (QED) is 0.548. The number of hydrogen-bond acceptors (Lipinski definition) is 6. The van der Waals surface area contributed by atoms with Crippen molar-refractivity contribution in [2.75, 3.05) is 31.2 Å². The molecule has 0 spiro atoms. The maximum Gasteiger partial charge on any atom is 0.247 e. The largest absolute Gasteiger partial charge is 0.378 e. The molecule has 30 heavy (non-hydrogen) atoms. The first-order chi connectivity index (χ1) is 14.7. The molecule has 0 bridgehead atoms. The number of rotatable bonds is 5. The zero-order valence-corrected chi connectivity index (χ0v) is 16.5. The summed E-state index contributed by atoms with van der Waals surface area (Å²) in [5.41, 5.74) is 3.89. The van der Waals surface area contributed by atoms with Gasteiger partial charge in [-0.1, -0.05) is 6.07 Å². The van der Waals surface area contributed by atoms with Crippen LogP contribution in [0.25, 0.3) is 5.65 Å². The van der Waals surface area contributed by atoms with Gasteiger partial charge in [0.05, 0.1) is 18.9 Å². The van der Waals surface area contributed by atoms with E-state index < -0.39 is 0 Å². The van der Waals surface area contributed by atoms with E-state index in [1.54, 1.807) is 12.4 Å². The van der Waals surface area contributed by atoms with E-state index in [2.05, 4.69) is 33.1 Å². The second kappa shape index (κ2) is 8.08. The van der Waals surface area contributed by atoms with Gasteiger partial charge in [0, 0.05) is 62.9 Å². The van der Waals surface area contributed by atoms with Gasteiger partial charge in [-0.15, -0.1) is 0 Å². The van der Waals surface area contributed by atoms with Crippen LogP contribution in [0.5, 0.6) is 0 Å². The molecule has 0 saturated carbocycles. The number of anilines is 1. The molecule has 1 aliphatic rings. The van der Waals surface area contributed by atoms with E-state index in [-0.39, 0.29) is 5.56 Å². The van der Waals surface area contributed by atoms with Gasteiger partial charge in [0.2, 0.25) is 5.56 Å². The Balaban J connectivity index is 1.47. The van der Waals surface area contributed by atoms with Crippen molar-refractivity contribution < 1.29 is 4.74 Å². The predicted octanol–water partition coefficient (Wildman–Crippen LogP) is 1.83. The van der Waals surface area contributed by atoms with E-state index in [0.717, 1.165) is 47.2 Å². The first-order valence-corrected chi connectivity index (χ1v) is 10.0. The van der Waals surface area contributed by atoms with Crippen LogP contribution >= 0.6 is 0 Å². The van der Waals surface area contributed by atoms with Crippen molar-refractivity contribution in [3.8, 4) is 0 Å². The van der Waals surface area contributed by atoms with E-state index >= 15 is 0 Å². The predicted molar refractivity (Wildman–Crippen MR) is 113 cm³/mol. The molecule has 5 rings (SSSR count). The molecule has 0 radical (unpaired) electrons. The molecule has 0 atom stereocenters. The number of morpholine rings is 1. The van der Waals surface area contributed by atoms with Crippen molar-refractivity contribution in [3.05, 3.63) is 88.1 Å². The Labute approximate surface area is 173 Å². The minimum atomic E-state index is -0.114. The lowest BCUT2D eigenvalue weighted by Crippen LogP contribution is -2.37. The standard InChI is InChI=1S/C22H22N6O2/c29-22-2-1-17(15-24-22)12-19-25-18(14-21(26-19)28-7-9-30-10-8-28)11-16-3-5-27-6-4-23-20(27)13-16/h1-6,13-15H,7-12H2,(H,24,29). The van der Waals surface area contributed by atoms with E-state index in [1.165, 1.54) is 6.07 Å². The lowest BCUT2D eigenvalue weighted by Gasteiger charge is -2.28. The summed E-state index contributed by atoms with van der Waals surface area (Å²) in [4.78, 5) is 30.3. The molecule has 1 saturated heterocycles. The monoisotopic (exact) mass is 402 g/mol. The van der Waals surface area contributed by atoms with E-state index in [4.69, 9.17) is 14.7 Å². The van der Waals surface area contributed by atoms with Gasteiger partial charge in [-0.2, -0.15) is 0 Å². The third-order valence-electron chi connectivity index (χ3n) is 5.21. The Bertz CT molecular complexity index is 1210. The number of aromatic amines is 1. The van der Waals surface area contributed by atoms with Gasteiger partial charge in [0.15, 0.2) is 0 Å². The summed E-state index contributed by atoms with van der Waals surface area (Å²) in [5, 5.41) is 0. The molecule has 0 unspecified atom stereocenters. The Morgan fingerprint density at radius 2 is 1.90 bits per heavy atom. The summed E-state index contributed by atoms with van der Waals surface area (Å²) < 4.78 is 7.48. The molecule has 8 heteroatoms. The van der Waals surface area contributed by atoms with E-state index in [0.29, 0.717) is 26.1 Å². The van der Waals surface area contributed by atoms with Crippen LogP contribution in [-0.4, -0.2) is 50.6 Å². The number of H-pyrrole nitrogens is 1. The van der Waals surface area contributed by atoms with Crippen LogP contribution in [0.1, 0.15) is 22.6 Å². The Morgan fingerprint density at radius 1 is 1.00 bits per heavy atom. The fraction of sp³-hybridized carbons (Fsp3) is 0.273. The van der Waals surface area contributed by atoms with Gasteiger partial charge in [0.1, 0.15) is 17.3 Å². The fourth-order valence-corrected chi connectivity index (χ4v) is 3.67. The average molecular weight is 402 g/mol. The molecule has 1 fully saturated rings. The van der Waals surface area contributed by atoms with Crippen molar-refractivity contribution >= 4 is 11.5 Å². The van der Waals surface area contributed by atoms with Crippen molar-refractivity contribution in [1.82, 2.24) is 24.3 Å². The molecule has 0 aliphatic carbocycles. The highest BCUT2D eigenvalue weighted by Gasteiger charge is 2.16. The number of nitrogens with zero attached hydrogens (tertiary/aromatic N) is 5. The molecule has 4 aromatic rings. The van der Waals surface area contributed by atoms with Crippen LogP contribution in [0.2, 0.25) is 0 Å². The average Bonchev–Trinajstić information content (AvgIpc) is 3.24. The number of pyridine rings is 2.